The van der Waals surface area contributed by atoms with Crippen molar-refractivity contribution in [3.63, 3.8) is 0 Å². The van der Waals surface area contributed by atoms with E-state index in [2.05, 4.69) is 17.4 Å². The van der Waals surface area contributed by atoms with Crippen LogP contribution in [0.4, 0.5) is 5.69 Å². The molecule has 0 fully saturated rings. The number of hydrogen-bond acceptors (Lipinski definition) is 4. The predicted molar refractivity (Wildman–Crippen MR) is 103 cm³/mol. The highest BCUT2D eigenvalue weighted by Crippen LogP contribution is 2.35. The summed E-state index contributed by atoms with van der Waals surface area (Å²) in [6.07, 6.45) is 2.06. The Morgan fingerprint density at radius 3 is 2.63 bits per heavy atom. The van der Waals surface area contributed by atoms with Crippen LogP contribution in [0.1, 0.15) is 25.3 Å². The average molecular weight is 368 g/mol. The summed E-state index contributed by atoms with van der Waals surface area (Å²) in [5.41, 5.74) is 1.96. The molecular formula is C21H24N2O4. The first-order chi connectivity index (χ1) is 13.1. The van der Waals surface area contributed by atoms with Crippen LogP contribution in [0.2, 0.25) is 0 Å². The Morgan fingerprint density at radius 1 is 1.07 bits per heavy atom. The van der Waals surface area contributed by atoms with Crippen LogP contribution in [0.25, 0.3) is 0 Å². The van der Waals surface area contributed by atoms with Crippen LogP contribution < -0.4 is 19.7 Å². The minimum atomic E-state index is -0.120. The number of amides is 2. The van der Waals surface area contributed by atoms with Crippen molar-refractivity contribution in [3.05, 3.63) is 54.1 Å². The summed E-state index contributed by atoms with van der Waals surface area (Å²) in [5.74, 6) is 1.10. The van der Waals surface area contributed by atoms with Crippen LogP contribution >= 0.6 is 0 Å². The SMILES string of the molecule is CC(=O)N(CCC(=O)NCCCc1ccccc1)c1ccc2c(c1)OCO2. The molecule has 0 radical (unpaired) electrons. The van der Waals surface area contributed by atoms with Crippen LogP contribution in [0.15, 0.2) is 48.5 Å². The smallest absolute Gasteiger partial charge is 0.231 e. The standard InChI is InChI=1S/C21H24N2O4/c1-16(24)23(18-9-10-19-20(14-18)27-15-26-19)13-11-21(25)22-12-5-8-17-6-3-2-4-7-17/h2-4,6-7,9-10,14H,5,8,11-13,15H2,1H3,(H,22,25). The number of benzene rings is 2. The lowest BCUT2D eigenvalue weighted by Gasteiger charge is -2.21. The van der Waals surface area contributed by atoms with Gasteiger partial charge in [-0.25, -0.2) is 0 Å². The fourth-order valence-electron chi connectivity index (χ4n) is 2.99. The Balaban J connectivity index is 1.45. The number of fused-ring (bicyclic) bond motifs is 1. The number of nitrogens with zero attached hydrogens (tertiary/aromatic N) is 1. The Morgan fingerprint density at radius 2 is 1.85 bits per heavy atom. The maximum absolute atomic E-state index is 12.1. The Kier molecular flexibility index (Phi) is 6.30. The highest BCUT2D eigenvalue weighted by atomic mass is 16.7. The molecule has 0 aliphatic carbocycles. The molecule has 27 heavy (non-hydrogen) atoms. The molecule has 0 atom stereocenters. The molecule has 1 aliphatic heterocycles. The minimum absolute atomic E-state index is 0.0601. The number of ether oxygens (including phenoxy) is 2. The molecule has 0 unspecified atom stereocenters. The second-order valence-electron chi connectivity index (χ2n) is 6.40. The van der Waals surface area contributed by atoms with Crippen LogP contribution in [0, 0.1) is 0 Å². The predicted octanol–water partition coefficient (Wildman–Crippen LogP) is 2.91. The molecule has 2 aromatic rings. The highest BCUT2D eigenvalue weighted by molar-refractivity contribution is 5.92. The number of hydrogen-bond donors (Lipinski definition) is 1. The third-order valence-corrected chi connectivity index (χ3v) is 4.42. The monoisotopic (exact) mass is 368 g/mol. The van der Waals surface area contributed by atoms with Crippen molar-refractivity contribution < 1.29 is 19.1 Å². The third-order valence-electron chi connectivity index (χ3n) is 4.42. The number of rotatable bonds is 8. The first kappa shape index (κ1) is 18.8. The van der Waals surface area contributed by atoms with Crippen molar-refractivity contribution in [2.75, 3.05) is 24.8 Å². The number of nitrogens with one attached hydrogen (secondary N) is 1. The van der Waals surface area contributed by atoms with Gasteiger partial charge in [-0.3, -0.25) is 9.59 Å². The van der Waals surface area contributed by atoms with E-state index in [1.807, 2.05) is 18.2 Å². The zero-order valence-corrected chi connectivity index (χ0v) is 15.4. The normalized spacial score (nSPS) is 11.9. The van der Waals surface area contributed by atoms with E-state index in [1.54, 1.807) is 23.1 Å². The van der Waals surface area contributed by atoms with E-state index in [0.29, 0.717) is 30.3 Å². The van der Waals surface area contributed by atoms with Crippen molar-refractivity contribution in [3.8, 4) is 11.5 Å². The van der Waals surface area contributed by atoms with Gasteiger partial charge in [-0.1, -0.05) is 30.3 Å². The molecule has 0 saturated heterocycles. The summed E-state index contributed by atoms with van der Waals surface area (Å²) in [5, 5.41) is 2.92. The van der Waals surface area contributed by atoms with Crippen LogP contribution in [0.3, 0.4) is 0 Å². The lowest BCUT2D eigenvalue weighted by atomic mass is 10.1. The molecule has 6 nitrogen and oxygen atoms in total. The van der Waals surface area contributed by atoms with Crippen LogP contribution in [0.5, 0.6) is 11.5 Å². The van der Waals surface area contributed by atoms with Gasteiger partial charge in [0.1, 0.15) is 0 Å². The van der Waals surface area contributed by atoms with Gasteiger partial charge in [0.25, 0.3) is 0 Å². The minimum Gasteiger partial charge on any atom is -0.454 e. The van der Waals surface area contributed by atoms with E-state index in [9.17, 15) is 9.59 Å². The van der Waals surface area contributed by atoms with Crippen molar-refractivity contribution in [1.29, 1.82) is 0 Å². The summed E-state index contributed by atoms with van der Waals surface area (Å²) >= 11 is 0. The lowest BCUT2D eigenvalue weighted by Crippen LogP contribution is -2.34. The quantitative estimate of drug-likeness (QED) is 0.728. The maximum Gasteiger partial charge on any atom is 0.231 e. The second kappa shape index (κ2) is 9.07. The molecule has 142 valence electrons. The summed E-state index contributed by atoms with van der Waals surface area (Å²) < 4.78 is 10.6. The maximum atomic E-state index is 12.1. The summed E-state index contributed by atoms with van der Waals surface area (Å²) in [6.45, 7) is 2.61. The van der Waals surface area contributed by atoms with Crippen LogP contribution in [-0.4, -0.2) is 31.7 Å². The van der Waals surface area contributed by atoms with Gasteiger partial charge in [0.2, 0.25) is 18.6 Å². The summed E-state index contributed by atoms with van der Waals surface area (Å²) in [4.78, 5) is 25.7. The van der Waals surface area contributed by atoms with E-state index in [-0.39, 0.29) is 25.0 Å². The molecule has 3 rings (SSSR count). The molecule has 0 spiro atoms. The van der Waals surface area contributed by atoms with Gasteiger partial charge in [-0.05, 0) is 30.5 Å². The van der Waals surface area contributed by atoms with Crippen molar-refractivity contribution in [1.82, 2.24) is 5.32 Å². The number of anilines is 1. The van der Waals surface area contributed by atoms with E-state index < -0.39 is 0 Å². The first-order valence-corrected chi connectivity index (χ1v) is 9.12. The first-order valence-electron chi connectivity index (χ1n) is 9.12. The summed E-state index contributed by atoms with van der Waals surface area (Å²) in [7, 11) is 0. The van der Waals surface area contributed by atoms with Gasteiger partial charge in [0, 0.05) is 38.2 Å². The largest absolute Gasteiger partial charge is 0.454 e. The second-order valence-corrected chi connectivity index (χ2v) is 6.40. The van der Waals surface area contributed by atoms with Gasteiger partial charge < -0.3 is 19.7 Å². The molecule has 2 aromatic carbocycles. The topological polar surface area (TPSA) is 67.9 Å². The van der Waals surface area contributed by atoms with E-state index >= 15 is 0 Å². The van der Waals surface area contributed by atoms with Gasteiger partial charge in [0.15, 0.2) is 11.5 Å². The molecule has 6 heteroatoms. The Hall–Kier alpha value is -3.02. The summed E-state index contributed by atoms with van der Waals surface area (Å²) in [6, 6.07) is 15.5. The van der Waals surface area contributed by atoms with Gasteiger partial charge >= 0.3 is 0 Å². The molecule has 0 saturated carbocycles. The van der Waals surface area contributed by atoms with Crippen molar-refractivity contribution >= 4 is 17.5 Å². The Labute approximate surface area is 159 Å². The van der Waals surface area contributed by atoms with E-state index in [0.717, 1.165) is 12.8 Å². The molecule has 2 amide bonds. The van der Waals surface area contributed by atoms with Gasteiger partial charge in [-0.2, -0.15) is 0 Å². The lowest BCUT2D eigenvalue weighted by molar-refractivity contribution is -0.121. The fraction of sp³-hybridized carbons (Fsp3) is 0.333. The molecular weight excluding hydrogens is 344 g/mol. The van der Waals surface area contributed by atoms with Gasteiger partial charge in [-0.15, -0.1) is 0 Å². The number of carbonyl (C=O) groups excluding carboxylic acids is 2. The Bertz CT molecular complexity index is 792. The van der Waals surface area contributed by atoms with Crippen molar-refractivity contribution in [2.45, 2.75) is 26.2 Å². The molecule has 0 aromatic heterocycles. The van der Waals surface area contributed by atoms with Crippen molar-refractivity contribution in [2.24, 2.45) is 0 Å². The highest BCUT2D eigenvalue weighted by Gasteiger charge is 2.18. The molecule has 1 N–H and O–H groups in total. The molecule has 1 aliphatic rings. The zero-order valence-electron chi connectivity index (χ0n) is 15.4. The zero-order chi connectivity index (χ0) is 19.1. The number of aryl methyl sites for hydroxylation is 1. The average Bonchev–Trinajstić information content (AvgIpc) is 3.14. The molecule has 1 heterocycles. The fourth-order valence-corrected chi connectivity index (χ4v) is 2.99. The van der Waals surface area contributed by atoms with E-state index in [1.165, 1.54) is 12.5 Å². The van der Waals surface area contributed by atoms with Gasteiger partial charge in [0.05, 0.1) is 0 Å². The van der Waals surface area contributed by atoms with E-state index in [4.69, 9.17) is 9.47 Å². The third kappa shape index (κ3) is 5.23. The number of carbonyl (C=O) groups is 2. The van der Waals surface area contributed by atoms with Crippen LogP contribution in [-0.2, 0) is 16.0 Å². The molecule has 0 bridgehead atoms.